The second kappa shape index (κ2) is 14.4. The van der Waals surface area contributed by atoms with Crippen LogP contribution in [0.3, 0.4) is 0 Å². The van der Waals surface area contributed by atoms with E-state index in [1.165, 1.54) is 4.90 Å². The van der Waals surface area contributed by atoms with Crippen LogP contribution in [0, 0.1) is 11.8 Å². The van der Waals surface area contributed by atoms with Gasteiger partial charge in [-0.15, -0.1) is 0 Å². The van der Waals surface area contributed by atoms with Crippen molar-refractivity contribution in [3.63, 3.8) is 0 Å². The molecule has 2 fully saturated rings. The van der Waals surface area contributed by atoms with E-state index in [1.807, 2.05) is 110 Å². The lowest BCUT2D eigenvalue weighted by molar-refractivity contribution is -0.144. The number of nitrogens with zero attached hydrogens (tertiary/aromatic N) is 4. The first-order valence-corrected chi connectivity index (χ1v) is 18.0. The molecule has 0 saturated carbocycles. The summed E-state index contributed by atoms with van der Waals surface area (Å²) in [5.41, 5.74) is 1.93. The fourth-order valence-electron chi connectivity index (χ4n) is 8.39. The number of carbonyl (C=O) groups is 3. The van der Waals surface area contributed by atoms with Gasteiger partial charge in [-0.05, 0) is 81.3 Å². The van der Waals surface area contributed by atoms with Crippen LogP contribution in [0.1, 0.15) is 26.3 Å². The predicted molar refractivity (Wildman–Crippen MR) is 197 cm³/mol. The summed E-state index contributed by atoms with van der Waals surface area (Å²) in [6.07, 6.45) is 7.09. The lowest BCUT2D eigenvalue weighted by Crippen LogP contribution is -2.58. The third kappa shape index (κ3) is 6.00. The second-order valence-electron chi connectivity index (χ2n) is 13.5. The molecule has 51 heavy (non-hydrogen) atoms. The molecular weight excluding hydrogens is 644 g/mol. The Morgan fingerprint density at radius 2 is 1.49 bits per heavy atom. The number of ether oxygens (including phenoxy) is 2. The van der Waals surface area contributed by atoms with Gasteiger partial charge in [0.2, 0.25) is 11.8 Å². The van der Waals surface area contributed by atoms with Crippen molar-refractivity contribution in [2.75, 3.05) is 54.1 Å². The zero-order valence-corrected chi connectivity index (χ0v) is 29.4. The summed E-state index contributed by atoms with van der Waals surface area (Å²) in [5, 5.41) is 10.9. The molecule has 4 heterocycles. The molecule has 1 N–H and O–H groups in total. The Morgan fingerprint density at radius 1 is 0.843 bits per heavy atom. The SMILES string of the molecule is CCOc1ccc(N2CC=C[C@@H]3O[C@]45C=CCN(c6ccc(N(CC)CC)cc6)C(=O)C4N([C@@H](CO)Cc4ccccc4)C(=O)[C@@H]5[C@@H]3C2=O)cc1. The van der Waals surface area contributed by atoms with E-state index in [0.717, 1.165) is 24.3 Å². The minimum absolute atomic E-state index is 0.248. The average Bonchev–Trinajstić information content (AvgIpc) is 3.47. The summed E-state index contributed by atoms with van der Waals surface area (Å²) >= 11 is 0. The van der Waals surface area contributed by atoms with E-state index in [2.05, 4.69) is 18.7 Å². The Kier molecular flexibility index (Phi) is 9.72. The number of hydrogen-bond acceptors (Lipinski definition) is 7. The maximum absolute atomic E-state index is 15.0. The van der Waals surface area contributed by atoms with Crippen molar-refractivity contribution in [2.24, 2.45) is 11.8 Å². The Labute approximate surface area is 299 Å². The van der Waals surface area contributed by atoms with Gasteiger partial charge in [0, 0.05) is 43.2 Å². The number of rotatable bonds is 11. The average molecular weight is 691 g/mol. The van der Waals surface area contributed by atoms with Gasteiger partial charge in [-0.2, -0.15) is 0 Å². The molecule has 10 nitrogen and oxygen atoms in total. The molecule has 1 spiro atoms. The summed E-state index contributed by atoms with van der Waals surface area (Å²) in [4.78, 5) is 51.8. The molecule has 4 aliphatic rings. The molecule has 0 radical (unpaired) electrons. The third-order valence-corrected chi connectivity index (χ3v) is 10.8. The lowest BCUT2D eigenvalue weighted by Gasteiger charge is -2.38. The van der Waals surface area contributed by atoms with Crippen LogP contribution < -0.4 is 19.4 Å². The standard InChI is InChI=1S/C41H46N4O6/c1-4-42(5-2)29-15-17-30(18-16-29)44-25-11-23-41-36(39(48)45(37(41)40(44)49)32(27-46)26-28-12-8-7-9-13-28)35-34(51-41)14-10-24-43(38(35)47)31-19-21-33(22-20-31)50-6-3/h7-23,32,34-37,46H,4-6,24-27H2,1-3H3/t32-,34+,35-,36+,37?,41+/m1/s1. The van der Waals surface area contributed by atoms with E-state index >= 15 is 9.59 Å². The first-order valence-electron chi connectivity index (χ1n) is 18.0. The van der Waals surface area contributed by atoms with Crippen molar-refractivity contribution in [1.29, 1.82) is 0 Å². The molecule has 4 aliphatic heterocycles. The zero-order chi connectivity index (χ0) is 35.7. The molecular formula is C41H46N4O6. The first-order chi connectivity index (χ1) is 24.8. The summed E-state index contributed by atoms with van der Waals surface area (Å²) < 4.78 is 12.5. The Morgan fingerprint density at radius 3 is 2.14 bits per heavy atom. The van der Waals surface area contributed by atoms with Gasteiger partial charge in [-0.1, -0.05) is 54.6 Å². The maximum Gasteiger partial charge on any atom is 0.253 e. The van der Waals surface area contributed by atoms with Crippen molar-refractivity contribution in [1.82, 2.24) is 4.90 Å². The molecule has 7 rings (SSSR count). The molecule has 1 unspecified atom stereocenters. The quantitative estimate of drug-likeness (QED) is 0.293. The van der Waals surface area contributed by atoms with Gasteiger partial charge in [-0.3, -0.25) is 14.4 Å². The minimum Gasteiger partial charge on any atom is -0.494 e. The zero-order valence-electron chi connectivity index (χ0n) is 29.4. The van der Waals surface area contributed by atoms with Crippen LogP contribution in [0.4, 0.5) is 17.1 Å². The van der Waals surface area contributed by atoms with Crippen molar-refractivity contribution in [3.05, 3.63) is 109 Å². The highest BCUT2D eigenvalue weighted by atomic mass is 16.5. The van der Waals surface area contributed by atoms with Gasteiger partial charge in [-0.25, -0.2) is 0 Å². The number of benzene rings is 3. The maximum atomic E-state index is 15.0. The largest absolute Gasteiger partial charge is 0.494 e. The van der Waals surface area contributed by atoms with E-state index in [1.54, 1.807) is 9.80 Å². The molecule has 10 heteroatoms. The Bertz CT molecular complexity index is 1790. The normalized spacial score (nSPS) is 26.0. The van der Waals surface area contributed by atoms with Crippen LogP contribution in [-0.4, -0.2) is 90.9 Å². The summed E-state index contributed by atoms with van der Waals surface area (Å²) in [6, 6.07) is 23.0. The van der Waals surface area contributed by atoms with Crippen molar-refractivity contribution in [3.8, 4) is 5.75 Å². The Hall–Kier alpha value is -4.93. The van der Waals surface area contributed by atoms with E-state index < -0.39 is 35.6 Å². The topological polar surface area (TPSA) is 103 Å². The summed E-state index contributed by atoms with van der Waals surface area (Å²) in [7, 11) is 0. The monoisotopic (exact) mass is 690 g/mol. The summed E-state index contributed by atoms with van der Waals surface area (Å²) in [6.45, 7) is 8.58. The van der Waals surface area contributed by atoms with Gasteiger partial charge >= 0.3 is 0 Å². The molecule has 0 aromatic heterocycles. The van der Waals surface area contributed by atoms with Crippen molar-refractivity contribution >= 4 is 34.8 Å². The Balaban J connectivity index is 1.29. The fourth-order valence-corrected chi connectivity index (χ4v) is 8.39. The number of amides is 3. The van der Waals surface area contributed by atoms with Crippen LogP contribution in [0.5, 0.6) is 5.75 Å². The molecule has 3 amide bonds. The van der Waals surface area contributed by atoms with Gasteiger partial charge in [0.05, 0.1) is 37.2 Å². The second-order valence-corrected chi connectivity index (χ2v) is 13.5. The lowest BCUT2D eigenvalue weighted by atomic mass is 9.77. The highest BCUT2D eigenvalue weighted by molar-refractivity contribution is 6.07. The predicted octanol–water partition coefficient (Wildman–Crippen LogP) is 4.62. The van der Waals surface area contributed by atoms with Gasteiger partial charge < -0.3 is 34.2 Å². The van der Waals surface area contributed by atoms with Crippen molar-refractivity contribution < 1.29 is 29.0 Å². The van der Waals surface area contributed by atoms with Crippen LogP contribution in [-0.2, 0) is 25.5 Å². The minimum atomic E-state index is -1.43. The summed E-state index contributed by atoms with van der Waals surface area (Å²) in [5.74, 6) is -2.09. The highest BCUT2D eigenvalue weighted by Crippen LogP contribution is 2.54. The van der Waals surface area contributed by atoms with Gasteiger partial charge in [0.1, 0.15) is 17.4 Å². The van der Waals surface area contributed by atoms with Crippen LogP contribution in [0.15, 0.2) is 103 Å². The van der Waals surface area contributed by atoms with E-state index in [0.29, 0.717) is 36.7 Å². The third-order valence-electron chi connectivity index (χ3n) is 10.8. The fraction of sp³-hybridized carbons (Fsp3) is 0.390. The van der Waals surface area contributed by atoms with E-state index in [9.17, 15) is 9.90 Å². The molecule has 0 bridgehead atoms. The van der Waals surface area contributed by atoms with Crippen LogP contribution in [0.2, 0.25) is 0 Å². The molecule has 0 aliphatic carbocycles. The van der Waals surface area contributed by atoms with Crippen LogP contribution >= 0.6 is 0 Å². The van der Waals surface area contributed by atoms with Gasteiger partial charge in [0.25, 0.3) is 5.91 Å². The smallest absolute Gasteiger partial charge is 0.253 e. The number of aliphatic hydroxyl groups is 1. The first kappa shape index (κ1) is 34.5. The molecule has 266 valence electrons. The van der Waals surface area contributed by atoms with Crippen molar-refractivity contribution in [2.45, 2.75) is 51.0 Å². The number of anilines is 3. The van der Waals surface area contributed by atoms with Gasteiger partial charge in [0.15, 0.2) is 0 Å². The van der Waals surface area contributed by atoms with Crippen LogP contribution in [0.25, 0.3) is 0 Å². The molecule has 3 aromatic carbocycles. The number of likely N-dealkylation sites (tertiary alicyclic amines) is 1. The van der Waals surface area contributed by atoms with E-state index in [4.69, 9.17) is 9.47 Å². The highest BCUT2D eigenvalue weighted by Gasteiger charge is 2.72. The molecule has 2 saturated heterocycles. The number of hydrogen-bond donors (Lipinski definition) is 1. The number of fused-ring (bicyclic) bond motifs is 2. The molecule has 3 aromatic rings. The van der Waals surface area contributed by atoms with E-state index in [-0.39, 0.29) is 30.9 Å². The number of aliphatic hydroxyl groups excluding tert-OH is 1. The molecule has 6 atom stereocenters. The number of carbonyl (C=O) groups excluding carboxylic acids is 3.